The molecule has 0 fully saturated rings. The van der Waals surface area contributed by atoms with Gasteiger partial charge in [-0.3, -0.25) is 0 Å². The molecule has 1 aromatic heterocycles. The zero-order valence-corrected chi connectivity index (χ0v) is 9.86. The molecule has 2 rings (SSSR count). The van der Waals surface area contributed by atoms with E-state index in [4.69, 9.17) is 10.5 Å². The van der Waals surface area contributed by atoms with Gasteiger partial charge >= 0.3 is 0 Å². The van der Waals surface area contributed by atoms with Crippen LogP contribution in [-0.4, -0.2) is 18.2 Å². The molecule has 0 aliphatic heterocycles. The van der Waals surface area contributed by atoms with Crippen molar-refractivity contribution in [2.45, 2.75) is 19.9 Å². The van der Waals surface area contributed by atoms with E-state index in [9.17, 15) is 0 Å². The number of rotatable bonds is 4. The minimum Gasteiger partial charge on any atom is -0.497 e. The maximum Gasteiger partial charge on any atom is 0.119 e. The normalized spacial score (nSPS) is 10.9. The topological polar surface area (TPSA) is 40.2 Å². The number of ether oxygens (including phenoxy) is 1. The Morgan fingerprint density at radius 1 is 1.38 bits per heavy atom. The van der Waals surface area contributed by atoms with Crippen LogP contribution in [0.1, 0.15) is 12.0 Å². The van der Waals surface area contributed by atoms with E-state index in [0.717, 1.165) is 25.3 Å². The molecular formula is C13H18N2O. The van der Waals surface area contributed by atoms with Gasteiger partial charge in [0.05, 0.1) is 7.11 Å². The van der Waals surface area contributed by atoms with E-state index in [1.54, 1.807) is 7.11 Å². The van der Waals surface area contributed by atoms with Gasteiger partial charge in [0.1, 0.15) is 5.75 Å². The molecule has 0 atom stereocenters. The largest absolute Gasteiger partial charge is 0.497 e. The maximum absolute atomic E-state index is 5.54. The molecule has 0 bridgehead atoms. The summed E-state index contributed by atoms with van der Waals surface area (Å²) in [7, 11) is 1.70. The summed E-state index contributed by atoms with van der Waals surface area (Å²) >= 11 is 0. The second kappa shape index (κ2) is 4.58. The average Bonchev–Trinajstić information content (AvgIpc) is 2.63. The van der Waals surface area contributed by atoms with Crippen LogP contribution in [0.25, 0.3) is 10.9 Å². The van der Waals surface area contributed by atoms with Gasteiger partial charge in [0.2, 0.25) is 0 Å². The van der Waals surface area contributed by atoms with Gasteiger partial charge in [-0.15, -0.1) is 0 Å². The highest BCUT2D eigenvalue weighted by atomic mass is 16.5. The van der Waals surface area contributed by atoms with Gasteiger partial charge in [0, 0.05) is 23.6 Å². The fourth-order valence-corrected chi connectivity index (χ4v) is 2.03. The summed E-state index contributed by atoms with van der Waals surface area (Å²) < 4.78 is 7.50. The van der Waals surface area contributed by atoms with Crippen molar-refractivity contribution in [2.75, 3.05) is 13.7 Å². The fourth-order valence-electron chi connectivity index (χ4n) is 2.03. The number of hydrogen-bond acceptors (Lipinski definition) is 2. The molecule has 2 N–H and O–H groups in total. The van der Waals surface area contributed by atoms with Crippen molar-refractivity contribution in [3.05, 3.63) is 30.0 Å². The number of fused-ring (bicyclic) bond motifs is 1. The summed E-state index contributed by atoms with van der Waals surface area (Å²) in [6.07, 6.45) is 3.19. The molecule has 0 amide bonds. The molecular weight excluding hydrogens is 200 g/mol. The van der Waals surface area contributed by atoms with Crippen LogP contribution in [0.15, 0.2) is 24.4 Å². The van der Waals surface area contributed by atoms with E-state index in [1.165, 1.54) is 16.5 Å². The summed E-state index contributed by atoms with van der Waals surface area (Å²) in [5.41, 5.74) is 8.08. The summed E-state index contributed by atoms with van der Waals surface area (Å²) in [4.78, 5) is 0. The number of nitrogens with zero attached hydrogens (tertiary/aromatic N) is 1. The predicted octanol–water partition coefficient (Wildman–Crippen LogP) is 2.31. The standard InChI is InChI=1S/C13H18N2O/c1-10-9-15(7-3-6-14)13-5-4-11(16-2)8-12(10)13/h4-5,8-9H,3,6-7,14H2,1-2H3. The number of aromatic nitrogens is 1. The van der Waals surface area contributed by atoms with Crippen LogP contribution in [0.4, 0.5) is 0 Å². The molecule has 2 aromatic rings. The Bertz CT molecular complexity index is 488. The lowest BCUT2D eigenvalue weighted by atomic mass is 10.2. The summed E-state index contributed by atoms with van der Waals surface area (Å²) in [6.45, 7) is 3.84. The summed E-state index contributed by atoms with van der Waals surface area (Å²) in [5.74, 6) is 0.909. The van der Waals surface area contributed by atoms with Gasteiger partial charge in [-0.05, 0) is 43.7 Å². The number of benzene rings is 1. The summed E-state index contributed by atoms with van der Waals surface area (Å²) in [5, 5.41) is 1.26. The molecule has 0 aliphatic rings. The lowest BCUT2D eigenvalue weighted by Crippen LogP contribution is -2.04. The van der Waals surface area contributed by atoms with Crippen LogP contribution >= 0.6 is 0 Å². The molecule has 0 saturated heterocycles. The molecule has 0 aliphatic carbocycles. The van der Waals surface area contributed by atoms with E-state index in [1.807, 2.05) is 6.07 Å². The van der Waals surface area contributed by atoms with Crippen LogP contribution in [0.3, 0.4) is 0 Å². The van der Waals surface area contributed by atoms with E-state index in [2.05, 4.69) is 29.8 Å². The zero-order valence-electron chi connectivity index (χ0n) is 9.86. The van der Waals surface area contributed by atoms with Crippen molar-refractivity contribution < 1.29 is 4.74 Å². The van der Waals surface area contributed by atoms with Gasteiger partial charge in [-0.1, -0.05) is 0 Å². The Balaban J connectivity index is 2.45. The van der Waals surface area contributed by atoms with Crippen molar-refractivity contribution in [2.24, 2.45) is 5.73 Å². The first-order valence-corrected chi connectivity index (χ1v) is 5.60. The van der Waals surface area contributed by atoms with Crippen molar-refractivity contribution in [3.63, 3.8) is 0 Å². The van der Waals surface area contributed by atoms with Crippen LogP contribution in [0, 0.1) is 6.92 Å². The van der Waals surface area contributed by atoms with Crippen LogP contribution < -0.4 is 10.5 Å². The Kier molecular flexibility index (Phi) is 3.15. The monoisotopic (exact) mass is 218 g/mol. The minimum absolute atomic E-state index is 0.731. The Morgan fingerprint density at radius 3 is 2.88 bits per heavy atom. The third kappa shape index (κ3) is 1.91. The van der Waals surface area contributed by atoms with E-state index >= 15 is 0 Å². The van der Waals surface area contributed by atoms with Crippen molar-refractivity contribution in [1.29, 1.82) is 0 Å². The third-order valence-corrected chi connectivity index (χ3v) is 2.89. The first-order valence-electron chi connectivity index (χ1n) is 5.60. The van der Waals surface area contributed by atoms with Crippen LogP contribution in [0.2, 0.25) is 0 Å². The van der Waals surface area contributed by atoms with Crippen LogP contribution in [-0.2, 0) is 6.54 Å². The van der Waals surface area contributed by atoms with E-state index in [0.29, 0.717) is 0 Å². The van der Waals surface area contributed by atoms with Gasteiger partial charge < -0.3 is 15.0 Å². The molecule has 0 unspecified atom stereocenters. The predicted molar refractivity (Wildman–Crippen MR) is 66.9 cm³/mol. The molecule has 0 saturated carbocycles. The van der Waals surface area contributed by atoms with Crippen LogP contribution in [0.5, 0.6) is 5.75 Å². The molecule has 0 spiro atoms. The molecule has 16 heavy (non-hydrogen) atoms. The summed E-state index contributed by atoms with van der Waals surface area (Å²) in [6, 6.07) is 6.20. The number of nitrogens with two attached hydrogens (primary N) is 1. The first-order chi connectivity index (χ1) is 7.76. The second-order valence-corrected chi connectivity index (χ2v) is 4.03. The minimum atomic E-state index is 0.731. The van der Waals surface area contributed by atoms with Gasteiger partial charge in [-0.2, -0.15) is 0 Å². The molecule has 3 nitrogen and oxygen atoms in total. The molecule has 86 valence electrons. The van der Waals surface area contributed by atoms with Gasteiger partial charge in [0.25, 0.3) is 0 Å². The Morgan fingerprint density at radius 2 is 2.19 bits per heavy atom. The highest BCUT2D eigenvalue weighted by Gasteiger charge is 2.05. The number of methoxy groups -OCH3 is 1. The molecule has 1 heterocycles. The van der Waals surface area contributed by atoms with Crippen molar-refractivity contribution in [1.82, 2.24) is 4.57 Å². The van der Waals surface area contributed by atoms with Crippen molar-refractivity contribution in [3.8, 4) is 5.75 Å². The Labute approximate surface area is 95.8 Å². The third-order valence-electron chi connectivity index (χ3n) is 2.89. The fraction of sp³-hybridized carbons (Fsp3) is 0.385. The Hall–Kier alpha value is -1.48. The SMILES string of the molecule is COc1ccc2c(c1)c(C)cn2CCCN. The van der Waals surface area contributed by atoms with Gasteiger partial charge in [0.15, 0.2) is 0 Å². The van der Waals surface area contributed by atoms with E-state index in [-0.39, 0.29) is 0 Å². The molecule has 0 radical (unpaired) electrons. The molecule has 1 aromatic carbocycles. The maximum atomic E-state index is 5.54. The van der Waals surface area contributed by atoms with Crippen molar-refractivity contribution >= 4 is 10.9 Å². The molecule has 3 heteroatoms. The highest BCUT2D eigenvalue weighted by Crippen LogP contribution is 2.25. The highest BCUT2D eigenvalue weighted by molar-refractivity contribution is 5.85. The smallest absolute Gasteiger partial charge is 0.119 e. The number of hydrogen-bond donors (Lipinski definition) is 1. The van der Waals surface area contributed by atoms with Gasteiger partial charge in [-0.25, -0.2) is 0 Å². The lowest BCUT2D eigenvalue weighted by molar-refractivity contribution is 0.415. The zero-order chi connectivity index (χ0) is 11.5. The second-order valence-electron chi connectivity index (χ2n) is 4.03. The average molecular weight is 218 g/mol. The lowest BCUT2D eigenvalue weighted by Gasteiger charge is -2.04. The first kappa shape index (κ1) is 11.0. The number of aryl methyl sites for hydroxylation is 2. The van der Waals surface area contributed by atoms with E-state index < -0.39 is 0 Å². The quantitative estimate of drug-likeness (QED) is 0.855.